The molecule has 0 aromatic rings. The topological polar surface area (TPSA) is 237 Å². The lowest BCUT2D eigenvalue weighted by molar-refractivity contribution is -0.161. The Bertz CT molecular complexity index is 1550. The van der Waals surface area contributed by atoms with E-state index in [9.17, 15) is 43.2 Å². The molecular weight excluding hydrogens is 1050 g/mol. The normalized spacial score (nSPS) is 14.3. The molecule has 5 atom stereocenters. The van der Waals surface area contributed by atoms with Gasteiger partial charge in [-0.1, -0.05) is 247 Å². The van der Waals surface area contributed by atoms with Gasteiger partial charge in [-0.2, -0.15) is 0 Å². The van der Waals surface area contributed by atoms with E-state index in [1.807, 2.05) is 0 Å². The predicted octanol–water partition coefficient (Wildman–Crippen LogP) is 16.2. The van der Waals surface area contributed by atoms with Crippen LogP contribution in [0.25, 0.3) is 0 Å². The molecule has 0 aliphatic carbocycles. The van der Waals surface area contributed by atoms with Crippen molar-refractivity contribution >= 4 is 39.5 Å². The molecular formula is C60H116O17P2. The van der Waals surface area contributed by atoms with Gasteiger partial charge < -0.3 is 33.8 Å². The third-order valence-corrected chi connectivity index (χ3v) is 15.7. The first-order valence-electron chi connectivity index (χ1n) is 31.6. The Balaban J connectivity index is 5.22. The maximum atomic E-state index is 12.9. The minimum Gasteiger partial charge on any atom is -0.462 e. The zero-order chi connectivity index (χ0) is 58.5. The SMILES string of the molecule is CCCCCCCCCCCCCC(=O)OC[C@H](COP(=O)(O)OC[C@@H](O)COP(=O)(O)OC[C@@H](COC(=O)CCCCCCCCCC)OC(=O)CCCCCCCCC(C)C)OC(=O)CCCCCCCCCCCCC. The lowest BCUT2D eigenvalue weighted by atomic mass is 10.0. The van der Waals surface area contributed by atoms with Crippen LogP contribution in [0.15, 0.2) is 0 Å². The Labute approximate surface area is 479 Å². The minimum atomic E-state index is -4.94. The molecule has 2 unspecified atom stereocenters. The van der Waals surface area contributed by atoms with Crippen molar-refractivity contribution in [1.82, 2.24) is 0 Å². The molecule has 0 saturated carbocycles. The summed E-state index contributed by atoms with van der Waals surface area (Å²) >= 11 is 0. The summed E-state index contributed by atoms with van der Waals surface area (Å²) in [5.41, 5.74) is 0. The Morgan fingerprint density at radius 2 is 0.582 bits per heavy atom. The van der Waals surface area contributed by atoms with Crippen molar-refractivity contribution in [1.29, 1.82) is 0 Å². The Kier molecular flexibility index (Phi) is 52.7. The maximum absolute atomic E-state index is 12.9. The molecule has 19 heteroatoms. The highest BCUT2D eigenvalue weighted by Gasteiger charge is 2.30. The summed E-state index contributed by atoms with van der Waals surface area (Å²) in [4.78, 5) is 71.9. The van der Waals surface area contributed by atoms with E-state index < -0.39 is 97.5 Å². The number of aliphatic hydroxyl groups excluding tert-OH is 1. The van der Waals surface area contributed by atoms with Gasteiger partial charge in [-0.3, -0.25) is 37.3 Å². The number of unbranched alkanes of at least 4 members (excludes halogenated alkanes) is 32. The second-order valence-electron chi connectivity index (χ2n) is 22.2. The van der Waals surface area contributed by atoms with E-state index in [1.165, 1.54) is 116 Å². The van der Waals surface area contributed by atoms with Crippen LogP contribution in [0.2, 0.25) is 0 Å². The molecule has 0 bridgehead atoms. The van der Waals surface area contributed by atoms with Crippen molar-refractivity contribution in [2.45, 2.75) is 316 Å². The summed E-state index contributed by atoms with van der Waals surface area (Å²) in [6.45, 7) is 7.04. The molecule has 0 saturated heterocycles. The molecule has 0 radical (unpaired) electrons. The first-order chi connectivity index (χ1) is 38.0. The van der Waals surface area contributed by atoms with Crippen LogP contribution in [-0.4, -0.2) is 96.7 Å². The van der Waals surface area contributed by atoms with E-state index >= 15 is 0 Å². The van der Waals surface area contributed by atoms with Gasteiger partial charge in [-0.25, -0.2) is 9.13 Å². The molecule has 3 N–H and O–H groups in total. The molecule has 0 aromatic heterocycles. The summed E-state index contributed by atoms with van der Waals surface area (Å²) in [6, 6.07) is 0. The molecule has 0 heterocycles. The van der Waals surface area contributed by atoms with Crippen LogP contribution in [0, 0.1) is 5.92 Å². The second kappa shape index (κ2) is 54.0. The summed E-state index contributed by atoms with van der Waals surface area (Å²) in [7, 11) is -9.87. The van der Waals surface area contributed by atoms with Crippen molar-refractivity contribution in [2.75, 3.05) is 39.6 Å². The molecule has 0 aliphatic rings. The molecule has 79 heavy (non-hydrogen) atoms. The van der Waals surface area contributed by atoms with Gasteiger partial charge in [0.1, 0.15) is 19.3 Å². The number of carbonyl (C=O) groups excluding carboxylic acids is 4. The van der Waals surface area contributed by atoms with Crippen LogP contribution in [0.4, 0.5) is 0 Å². The van der Waals surface area contributed by atoms with Gasteiger partial charge in [0.2, 0.25) is 0 Å². The highest BCUT2D eigenvalue weighted by Crippen LogP contribution is 2.45. The standard InChI is InChI=1S/C60H116O17P2/c1-6-9-12-15-18-21-23-25-28-34-39-44-58(63)71-49-55(76-59(64)45-40-35-29-26-24-22-19-16-13-10-7-2)51-74-78(66,67)72-47-54(61)48-73-79(68,69)75-52-56(50-70-57(62)43-38-33-27-20-17-14-11-8-3)77-60(65)46-41-36-31-30-32-37-42-53(4)5/h53-56,61H,6-52H2,1-5H3,(H,66,67)(H,68,69)/t54-,55-,56-/m1/s1. The van der Waals surface area contributed by atoms with E-state index in [0.29, 0.717) is 31.6 Å². The number of ether oxygens (including phenoxy) is 4. The number of phosphoric ester groups is 2. The Morgan fingerprint density at radius 3 is 0.861 bits per heavy atom. The van der Waals surface area contributed by atoms with Gasteiger partial charge in [0, 0.05) is 25.7 Å². The fourth-order valence-electron chi connectivity index (χ4n) is 8.88. The van der Waals surface area contributed by atoms with E-state index in [2.05, 4.69) is 34.6 Å². The zero-order valence-electron chi connectivity index (χ0n) is 50.5. The zero-order valence-corrected chi connectivity index (χ0v) is 52.3. The first-order valence-corrected chi connectivity index (χ1v) is 34.6. The van der Waals surface area contributed by atoms with Gasteiger partial charge in [-0.05, 0) is 31.6 Å². The molecule has 0 aliphatic heterocycles. The number of esters is 4. The molecule has 468 valence electrons. The summed E-state index contributed by atoms with van der Waals surface area (Å²) in [5, 5.41) is 10.5. The second-order valence-corrected chi connectivity index (χ2v) is 25.1. The first kappa shape index (κ1) is 77.1. The number of aliphatic hydroxyl groups is 1. The van der Waals surface area contributed by atoms with Crippen LogP contribution < -0.4 is 0 Å². The molecule has 0 amide bonds. The number of carbonyl (C=O) groups is 4. The molecule has 17 nitrogen and oxygen atoms in total. The summed E-state index contributed by atoms with van der Waals surface area (Å²) in [5.74, 6) is -1.47. The van der Waals surface area contributed by atoms with Crippen LogP contribution >= 0.6 is 15.6 Å². The smallest absolute Gasteiger partial charge is 0.462 e. The average molecular weight is 1170 g/mol. The molecule has 0 rings (SSSR count). The lowest BCUT2D eigenvalue weighted by Crippen LogP contribution is -2.30. The van der Waals surface area contributed by atoms with E-state index in [-0.39, 0.29) is 25.7 Å². The van der Waals surface area contributed by atoms with Crippen molar-refractivity contribution in [3.63, 3.8) is 0 Å². The number of phosphoric acid groups is 2. The van der Waals surface area contributed by atoms with Gasteiger partial charge in [0.05, 0.1) is 26.4 Å². The Hall–Kier alpha value is -1.94. The van der Waals surface area contributed by atoms with E-state index in [1.54, 1.807) is 0 Å². The quantitative estimate of drug-likeness (QED) is 0.0222. The molecule has 0 aromatic carbocycles. The monoisotopic (exact) mass is 1170 g/mol. The minimum absolute atomic E-state index is 0.102. The van der Waals surface area contributed by atoms with Crippen LogP contribution in [0.5, 0.6) is 0 Å². The van der Waals surface area contributed by atoms with Crippen molar-refractivity contribution in [3.8, 4) is 0 Å². The van der Waals surface area contributed by atoms with E-state index in [0.717, 1.165) is 96.3 Å². The van der Waals surface area contributed by atoms with Gasteiger partial charge in [-0.15, -0.1) is 0 Å². The van der Waals surface area contributed by atoms with Crippen molar-refractivity contribution in [3.05, 3.63) is 0 Å². The maximum Gasteiger partial charge on any atom is 0.472 e. The van der Waals surface area contributed by atoms with Crippen LogP contribution in [0.3, 0.4) is 0 Å². The fraction of sp³-hybridized carbons (Fsp3) is 0.933. The van der Waals surface area contributed by atoms with E-state index in [4.69, 9.17) is 37.0 Å². The number of rotatable bonds is 60. The molecule has 0 fully saturated rings. The Morgan fingerprint density at radius 1 is 0.342 bits per heavy atom. The van der Waals surface area contributed by atoms with Gasteiger partial charge in [0.15, 0.2) is 12.2 Å². The highest BCUT2D eigenvalue weighted by molar-refractivity contribution is 7.47. The highest BCUT2D eigenvalue weighted by atomic mass is 31.2. The summed E-state index contributed by atoms with van der Waals surface area (Å²) in [6.07, 6.45) is 36.3. The average Bonchev–Trinajstić information content (AvgIpc) is 3.41. The van der Waals surface area contributed by atoms with Gasteiger partial charge >= 0.3 is 39.5 Å². The largest absolute Gasteiger partial charge is 0.472 e. The van der Waals surface area contributed by atoms with Crippen molar-refractivity contribution < 1.29 is 80.2 Å². The van der Waals surface area contributed by atoms with Crippen molar-refractivity contribution in [2.24, 2.45) is 5.92 Å². The lowest BCUT2D eigenvalue weighted by Gasteiger charge is -2.21. The predicted molar refractivity (Wildman–Crippen MR) is 312 cm³/mol. The summed E-state index contributed by atoms with van der Waals surface area (Å²) < 4.78 is 67.7. The molecule has 0 spiro atoms. The third-order valence-electron chi connectivity index (χ3n) is 13.8. The third kappa shape index (κ3) is 55.0. The number of hydrogen-bond acceptors (Lipinski definition) is 15. The van der Waals surface area contributed by atoms with Crippen LogP contribution in [-0.2, 0) is 65.4 Å². The number of hydrogen-bond donors (Lipinski definition) is 3. The fourth-order valence-corrected chi connectivity index (χ4v) is 10.5. The van der Waals surface area contributed by atoms with Crippen LogP contribution in [0.1, 0.15) is 298 Å². The van der Waals surface area contributed by atoms with Gasteiger partial charge in [0.25, 0.3) is 0 Å².